The van der Waals surface area contributed by atoms with Crippen LogP contribution in [0.4, 0.5) is 5.69 Å². The number of hydrogen-bond donors (Lipinski definition) is 2. The summed E-state index contributed by atoms with van der Waals surface area (Å²) in [6.07, 6.45) is 0. The van der Waals surface area contributed by atoms with Gasteiger partial charge in [0.25, 0.3) is 11.8 Å². The number of anilines is 1. The number of benzene rings is 1. The van der Waals surface area contributed by atoms with E-state index in [-0.39, 0.29) is 23.1 Å². The lowest BCUT2D eigenvalue weighted by molar-refractivity contribution is 0.0918. The van der Waals surface area contributed by atoms with Crippen LogP contribution in [0.15, 0.2) is 45.5 Å². The summed E-state index contributed by atoms with van der Waals surface area (Å²) in [6, 6.07) is 9.95. The van der Waals surface area contributed by atoms with Gasteiger partial charge < -0.3 is 15.1 Å². The number of hydrogen-bond acceptors (Lipinski definition) is 3. The third kappa shape index (κ3) is 4.46. The summed E-state index contributed by atoms with van der Waals surface area (Å²) in [5.41, 5.74) is 0.684. The fraction of sp³-hybridized carbons (Fsp3) is 0.250. The summed E-state index contributed by atoms with van der Waals surface area (Å²) in [4.78, 5) is 24.1. The lowest BCUT2D eigenvalue weighted by Crippen LogP contribution is -2.40. The first-order chi connectivity index (χ1) is 10.2. The molecule has 22 heavy (non-hydrogen) atoms. The van der Waals surface area contributed by atoms with Crippen LogP contribution >= 0.6 is 15.9 Å². The maximum atomic E-state index is 12.1. The standard InChI is InChI=1S/C16H17BrN2O3/c1-16(2,3)19-14(20)10-5-4-6-11(9-10)18-15(21)12-7-8-13(17)22-12/h4-9H,1-3H3,(H,18,21)(H,19,20). The minimum atomic E-state index is -0.376. The molecular formula is C16H17BrN2O3. The molecule has 0 radical (unpaired) electrons. The molecule has 0 saturated carbocycles. The number of carbonyl (C=O) groups is 2. The quantitative estimate of drug-likeness (QED) is 0.869. The first kappa shape index (κ1) is 16.3. The van der Waals surface area contributed by atoms with Gasteiger partial charge in [-0.05, 0) is 67.0 Å². The Hall–Kier alpha value is -2.08. The summed E-state index contributed by atoms with van der Waals surface area (Å²) >= 11 is 3.14. The lowest BCUT2D eigenvalue weighted by atomic mass is 10.1. The van der Waals surface area contributed by atoms with E-state index in [0.717, 1.165) is 0 Å². The van der Waals surface area contributed by atoms with Gasteiger partial charge >= 0.3 is 0 Å². The Morgan fingerprint density at radius 1 is 1.09 bits per heavy atom. The molecule has 0 aliphatic heterocycles. The van der Waals surface area contributed by atoms with Gasteiger partial charge in [0, 0.05) is 16.8 Å². The highest BCUT2D eigenvalue weighted by Crippen LogP contribution is 2.17. The van der Waals surface area contributed by atoms with Gasteiger partial charge in [-0.15, -0.1) is 0 Å². The van der Waals surface area contributed by atoms with Gasteiger partial charge in [0.1, 0.15) is 0 Å². The molecule has 0 bridgehead atoms. The summed E-state index contributed by atoms with van der Waals surface area (Å²) < 4.78 is 5.67. The average molecular weight is 365 g/mol. The Labute approximate surface area is 137 Å². The second-order valence-corrected chi connectivity index (χ2v) is 6.62. The van der Waals surface area contributed by atoms with Gasteiger partial charge in [-0.2, -0.15) is 0 Å². The smallest absolute Gasteiger partial charge is 0.291 e. The number of nitrogens with one attached hydrogen (secondary N) is 2. The van der Waals surface area contributed by atoms with E-state index in [1.54, 1.807) is 36.4 Å². The molecule has 0 fully saturated rings. The van der Waals surface area contributed by atoms with Crippen molar-refractivity contribution >= 4 is 33.4 Å². The topological polar surface area (TPSA) is 71.3 Å². The lowest BCUT2D eigenvalue weighted by Gasteiger charge is -2.20. The van der Waals surface area contributed by atoms with Crippen LogP contribution in [0.2, 0.25) is 0 Å². The maximum Gasteiger partial charge on any atom is 0.291 e. The molecule has 1 aromatic heterocycles. The summed E-state index contributed by atoms with van der Waals surface area (Å²) in [5.74, 6) is -0.375. The number of rotatable bonds is 3. The highest BCUT2D eigenvalue weighted by atomic mass is 79.9. The van der Waals surface area contributed by atoms with Crippen LogP contribution in [0, 0.1) is 0 Å². The van der Waals surface area contributed by atoms with E-state index in [1.165, 1.54) is 0 Å². The molecule has 6 heteroatoms. The van der Waals surface area contributed by atoms with Gasteiger partial charge in [-0.25, -0.2) is 0 Å². The zero-order valence-corrected chi connectivity index (χ0v) is 14.2. The highest BCUT2D eigenvalue weighted by molar-refractivity contribution is 9.10. The molecule has 2 N–H and O–H groups in total. The minimum absolute atomic E-state index is 0.190. The molecule has 0 unspecified atom stereocenters. The average Bonchev–Trinajstić information content (AvgIpc) is 2.84. The molecule has 0 saturated heterocycles. The van der Waals surface area contributed by atoms with E-state index in [2.05, 4.69) is 26.6 Å². The minimum Gasteiger partial charge on any atom is -0.444 e. The van der Waals surface area contributed by atoms with Crippen LogP contribution in [0.25, 0.3) is 0 Å². The fourth-order valence-corrected chi connectivity index (χ4v) is 2.09. The monoisotopic (exact) mass is 364 g/mol. The van der Waals surface area contributed by atoms with E-state index < -0.39 is 0 Å². The Kier molecular flexibility index (Phi) is 4.71. The molecule has 2 rings (SSSR count). The second kappa shape index (κ2) is 6.36. The Bertz CT molecular complexity index is 701. The number of amides is 2. The van der Waals surface area contributed by atoms with Gasteiger partial charge in [0.2, 0.25) is 0 Å². The summed E-state index contributed by atoms with van der Waals surface area (Å²) in [7, 11) is 0. The van der Waals surface area contributed by atoms with Crippen molar-refractivity contribution < 1.29 is 14.0 Å². The van der Waals surface area contributed by atoms with E-state index in [4.69, 9.17) is 4.42 Å². The fourth-order valence-electron chi connectivity index (χ4n) is 1.78. The van der Waals surface area contributed by atoms with Crippen molar-refractivity contribution in [1.82, 2.24) is 5.32 Å². The predicted octanol–water partition coefficient (Wildman–Crippen LogP) is 3.82. The van der Waals surface area contributed by atoms with Crippen LogP contribution < -0.4 is 10.6 Å². The van der Waals surface area contributed by atoms with E-state index in [0.29, 0.717) is 15.9 Å². The second-order valence-electron chi connectivity index (χ2n) is 5.84. The molecule has 0 atom stereocenters. The van der Waals surface area contributed by atoms with Crippen LogP contribution in [0.1, 0.15) is 41.7 Å². The van der Waals surface area contributed by atoms with Crippen molar-refractivity contribution in [1.29, 1.82) is 0 Å². The van der Waals surface area contributed by atoms with Crippen LogP contribution in [0.5, 0.6) is 0 Å². The molecule has 1 aromatic carbocycles. The Balaban J connectivity index is 2.11. The van der Waals surface area contributed by atoms with Gasteiger partial charge in [-0.3, -0.25) is 9.59 Å². The summed E-state index contributed by atoms with van der Waals surface area (Å²) in [6.45, 7) is 5.72. The van der Waals surface area contributed by atoms with Crippen molar-refractivity contribution in [2.24, 2.45) is 0 Å². The molecule has 0 aliphatic carbocycles. The Morgan fingerprint density at radius 3 is 2.41 bits per heavy atom. The van der Waals surface area contributed by atoms with Crippen molar-refractivity contribution in [3.05, 3.63) is 52.4 Å². The van der Waals surface area contributed by atoms with Gasteiger partial charge in [0.15, 0.2) is 10.4 Å². The highest BCUT2D eigenvalue weighted by Gasteiger charge is 2.16. The molecule has 0 aliphatic rings. The SMILES string of the molecule is CC(C)(C)NC(=O)c1cccc(NC(=O)c2ccc(Br)o2)c1. The molecule has 2 aromatic rings. The van der Waals surface area contributed by atoms with Crippen LogP contribution in [-0.4, -0.2) is 17.4 Å². The van der Waals surface area contributed by atoms with Gasteiger partial charge in [-0.1, -0.05) is 6.07 Å². The molecule has 5 nitrogen and oxygen atoms in total. The molecule has 0 spiro atoms. The van der Waals surface area contributed by atoms with E-state index in [1.807, 2.05) is 20.8 Å². The number of furan rings is 1. The largest absolute Gasteiger partial charge is 0.444 e. The predicted molar refractivity (Wildman–Crippen MR) is 88.0 cm³/mol. The van der Waals surface area contributed by atoms with Crippen molar-refractivity contribution in [2.45, 2.75) is 26.3 Å². The number of halogens is 1. The van der Waals surface area contributed by atoms with Crippen LogP contribution in [0.3, 0.4) is 0 Å². The number of carbonyl (C=O) groups excluding carboxylic acids is 2. The van der Waals surface area contributed by atoms with E-state index in [9.17, 15) is 9.59 Å². The first-order valence-electron chi connectivity index (χ1n) is 6.74. The summed E-state index contributed by atoms with van der Waals surface area (Å²) in [5, 5.41) is 5.57. The molecular weight excluding hydrogens is 348 g/mol. The van der Waals surface area contributed by atoms with Crippen molar-refractivity contribution in [2.75, 3.05) is 5.32 Å². The van der Waals surface area contributed by atoms with Crippen molar-refractivity contribution in [3.63, 3.8) is 0 Å². The Morgan fingerprint density at radius 2 is 1.82 bits per heavy atom. The van der Waals surface area contributed by atoms with Gasteiger partial charge in [0.05, 0.1) is 0 Å². The van der Waals surface area contributed by atoms with Crippen molar-refractivity contribution in [3.8, 4) is 0 Å². The molecule has 1 heterocycles. The normalized spacial score (nSPS) is 11.1. The third-order valence-electron chi connectivity index (χ3n) is 2.67. The van der Waals surface area contributed by atoms with Crippen LogP contribution in [-0.2, 0) is 0 Å². The molecule has 2 amide bonds. The zero-order chi connectivity index (χ0) is 16.3. The maximum absolute atomic E-state index is 12.1. The third-order valence-corrected chi connectivity index (χ3v) is 3.09. The first-order valence-corrected chi connectivity index (χ1v) is 7.53. The zero-order valence-electron chi connectivity index (χ0n) is 12.6. The van der Waals surface area contributed by atoms with E-state index >= 15 is 0 Å². The molecule has 116 valence electrons.